The van der Waals surface area contributed by atoms with E-state index in [4.69, 9.17) is 11.6 Å². The third-order valence-corrected chi connectivity index (χ3v) is 4.17. The lowest BCUT2D eigenvalue weighted by Gasteiger charge is -2.16. The quantitative estimate of drug-likeness (QED) is 0.780. The van der Waals surface area contributed by atoms with Gasteiger partial charge in [0.2, 0.25) is 5.91 Å². The van der Waals surface area contributed by atoms with Crippen molar-refractivity contribution in [3.05, 3.63) is 45.9 Å². The molecule has 2 nitrogen and oxygen atoms in total. The molecular weight excluding hydrogens is 302 g/mol. The van der Waals surface area contributed by atoms with Crippen LogP contribution in [0.1, 0.15) is 12.0 Å². The molecule has 1 unspecified atom stereocenters. The van der Waals surface area contributed by atoms with Crippen LogP contribution in [0.3, 0.4) is 0 Å². The predicted molar refractivity (Wildman–Crippen MR) is 72.9 cm³/mol. The van der Waals surface area contributed by atoms with E-state index in [1.54, 1.807) is 0 Å². The SMILES string of the molecule is C=CC1CC(=O)N(Cc2ccc(Br)c(Cl)c2)C1. The number of halogens is 2. The Labute approximate surface area is 114 Å². The van der Waals surface area contributed by atoms with E-state index in [1.165, 1.54) is 0 Å². The van der Waals surface area contributed by atoms with Gasteiger partial charge in [-0.25, -0.2) is 0 Å². The zero-order chi connectivity index (χ0) is 12.4. The van der Waals surface area contributed by atoms with Crippen LogP contribution in [0.2, 0.25) is 5.02 Å². The van der Waals surface area contributed by atoms with Crippen LogP contribution >= 0.6 is 27.5 Å². The first-order valence-corrected chi connectivity index (χ1v) is 6.61. The van der Waals surface area contributed by atoms with Crippen molar-refractivity contribution in [1.29, 1.82) is 0 Å². The van der Waals surface area contributed by atoms with E-state index in [1.807, 2.05) is 29.2 Å². The summed E-state index contributed by atoms with van der Waals surface area (Å²) in [7, 11) is 0. The molecule has 1 fully saturated rings. The fourth-order valence-electron chi connectivity index (χ4n) is 1.97. The Balaban J connectivity index is 2.08. The van der Waals surface area contributed by atoms with Gasteiger partial charge in [0, 0.05) is 29.9 Å². The molecule has 4 heteroatoms. The Morgan fingerprint density at radius 1 is 1.59 bits per heavy atom. The van der Waals surface area contributed by atoms with E-state index in [0.717, 1.165) is 16.6 Å². The first-order chi connectivity index (χ1) is 8.10. The molecule has 0 aromatic heterocycles. The van der Waals surface area contributed by atoms with Crippen molar-refractivity contribution in [1.82, 2.24) is 4.90 Å². The maximum Gasteiger partial charge on any atom is 0.223 e. The number of hydrogen-bond acceptors (Lipinski definition) is 1. The first-order valence-electron chi connectivity index (χ1n) is 5.44. The fraction of sp³-hybridized carbons (Fsp3) is 0.308. The molecule has 1 saturated heterocycles. The highest BCUT2D eigenvalue weighted by atomic mass is 79.9. The summed E-state index contributed by atoms with van der Waals surface area (Å²) in [6, 6.07) is 5.77. The highest BCUT2D eigenvalue weighted by Crippen LogP contribution is 2.26. The molecule has 1 heterocycles. The highest BCUT2D eigenvalue weighted by Gasteiger charge is 2.27. The van der Waals surface area contributed by atoms with Gasteiger partial charge in [-0.05, 0) is 33.6 Å². The molecule has 0 radical (unpaired) electrons. The van der Waals surface area contributed by atoms with Gasteiger partial charge < -0.3 is 4.90 Å². The van der Waals surface area contributed by atoms with Gasteiger partial charge in [-0.2, -0.15) is 0 Å². The number of rotatable bonds is 3. The molecule has 1 aliphatic rings. The van der Waals surface area contributed by atoms with Crippen molar-refractivity contribution in [3.63, 3.8) is 0 Å². The number of benzene rings is 1. The number of carbonyl (C=O) groups excluding carboxylic acids is 1. The summed E-state index contributed by atoms with van der Waals surface area (Å²) in [5.74, 6) is 0.474. The molecule has 0 saturated carbocycles. The van der Waals surface area contributed by atoms with Gasteiger partial charge in [0.25, 0.3) is 0 Å². The molecule has 1 aromatic carbocycles. The molecule has 1 aromatic rings. The predicted octanol–water partition coefficient (Wildman–Crippen LogP) is 3.64. The van der Waals surface area contributed by atoms with Crippen LogP contribution in [0, 0.1) is 5.92 Å². The normalized spacial score (nSPS) is 19.8. The molecule has 0 spiro atoms. The summed E-state index contributed by atoms with van der Waals surface area (Å²) in [6.45, 7) is 5.12. The minimum atomic E-state index is 0.189. The number of amides is 1. The van der Waals surface area contributed by atoms with Crippen molar-refractivity contribution in [3.8, 4) is 0 Å². The largest absolute Gasteiger partial charge is 0.338 e. The Morgan fingerprint density at radius 3 is 2.94 bits per heavy atom. The second-order valence-corrected chi connectivity index (χ2v) is 5.48. The third kappa shape index (κ3) is 2.90. The van der Waals surface area contributed by atoms with Crippen LogP contribution in [0.15, 0.2) is 35.3 Å². The zero-order valence-electron chi connectivity index (χ0n) is 9.33. The summed E-state index contributed by atoms with van der Waals surface area (Å²) in [5.41, 5.74) is 1.05. The van der Waals surface area contributed by atoms with Gasteiger partial charge in [0.1, 0.15) is 0 Å². The van der Waals surface area contributed by atoms with E-state index in [-0.39, 0.29) is 11.8 Å². The molecule has 1 aliphatic heterocycles. The average molecular weight is 315 g/mol. The minimum Gasteiger partial charge on any atom is -0.338 e. The van der Waals surface area contributed by atoms with E-state index in [2.05, 4.69) is 22.5 Å². The van der Waals surface area contributed by atoms with Gasteiger partial charge in [-0.15, -0.1) is 6.58 Å². The number of carbonyl (C=O) groups is 1. The molecule has 90 valence electrons. The van der Waals surface area contributed by atoms with Gasteiger partial charge in [-0.3, -0.25) is 4.79 Å². The molecule has 17 heavy (non-hydrogen) atoms. The van der Waals surface area contributed by atoms with Gasteiger partial charge >= 0.3 is 0 Å². The lowest BCUT2D eigenvalue weighted by atomic mass is 10.1. The maximum absolute atomic E-state index is 11.7. The maximum atomic E-state index is 11.7. The summed E-state index contributed by atoms with van der Waals surface area (Å²) in [4.78, 5) is 13.6. The van der Waals surface area contributed by atoms with Gasteiger partial charge in [0.15, 0.2) is 0 Å². The molecule has 0 bridgehead atoms. The smallest absolute Gasteiger partial charge is 0.223 e. The average Bonchev–Trinajstić information content (AvgIpc) is 2.65. The van der Waals surface area contributed by atoms with Crippen LogP contribution < -0.4 is 0 Å². The molecule has 0 aliphatic carbocycles. The Morgan fingerprint density at radius 2 is 2.35 bits per heavy atom. The number of likely N-dealkylation sites (tertiary alicyclic amines) is 1. The van der Waals surface area contributed by atoms with Crippen molar-refractivity contribution in [2.45, 2.75) is 13.0 Å². The van der Waals surface area contributed by atoms with Crippen molar-refractivity contribution >= 4 is 33.4 Å². The fourth-order valence-corrected chi connectivity index (χ4v) is 2.42. The van der Waals surface area contributed by atoms with Gasteiger partial charge in [0.05, 0.1) is 5.02 Å². The van der Waals surface area contributed by atoms with E-state index >= 15 is 0 Å². The standard InChI is InChI=1S/C13H13BrClNO/c1-2-9-6-13(17)16(7-9)8-10-3-4-11(14)12(15)5-10/h2-5,9H,1,6-8H2. The van der Waals surface area contributed by atoms with Crippen LogP contribution in [-0.2, 0) is 11.3 Å². The summed E-state index contributed by atoms with van der Waals surface area (Å²) in [5, 5.41) is 0.675. The van der Waals surface area contributed by atoms with Crippen LogP contribution in [0.25, 0.3) is 0 Å². The summed E-state index contributed by atoms with van der Waals surface area (Å²) >= 11 is 9.37. The summed E-state index contributed by atoms with van der Waals surface area (Å²) in [6.07, 6.45) is 2.43. The number of nitrogens with zero attached hydrogens (tertiary/aromatic N) is 1. The summed E-state index contributed by atoms with van der Waals surface area (Å²) < 4.78 is 0.875. The van der Waals surface area contributed by atoms with Crippen LogP contribution in [-0.4, -0.2) is 17.4 Å². The molecular formula is C13H13BrClNO. The Bertz CT molecular complexity index is 461. The lowest BCUT2D eigenvalue weighted by molar-refractivity contribution is -0.128. The van der Waals surface area contributed by atoms with E-state index in [9.17, 15) is 4.79 Å². The van der Waals surface area contributed by atoms with Crippen LogP contribution in [0.4, 0.5) is 0 Å². The van der Waals surface area contributed by atoms with E-state index in [0.29, 0.717) is 18.0 Å². The van der Waals surface area contributed by atoms with Crippen molar-refractivity contribution in [2.75, 3.05) is 6.54 Å². The first kappa shape index (κ1) is 12.7. The van der Waals surface area contributed by atoms with E-state index < -0.39 is 0 Å². The topological polar surface area (TPSA) is 20.3 Å². The second kappa shape index (κ2) is 5.23. The zero-order valence-corrected chi connectivity index (χ0v) is 11.7. The van der Waals surface area contributed by atoms with Gasteiger partial charge in [-0.1, -0.05) is 23.7 Å². The molecule has 2 rings (SSSR count). The lowest BCUT2D eigenvalue weighted by Crippen LogP contribution is -2.24. The molecule has 1 atom stereocenters. The molecule has 0 N–H and O–H groups in total. The Kier molecular flexibility index (Phi) is 3.89. The third-order valence-electron chi connectivity index (χ3n) is 2.94. The number of hydrogen-bond donors (Lipinski definition) is 0. The molecule has 1 amide bonds. The van der Waals surface area contributed by atoms with Crippen molar-refractivity contribution < 1.29 is 4.79 Å². The van der Waals surface area contributed by atoms with Crippen LogP contribution in [0.5, 0.6) is 0 Å². The second-order valence-electron chi connectivity index (χ2n) is 4.22. The van der Waals surface area contributed by atoms with Crippen molar-refractivity contribution in [2.24, 2.45) is 5.92 Å². The monoisotopic (exact) mass is 313 g/mol. The highest BCUT2D eigenvalue weighted by molar-refractivity contribution is 9.10. The Hall–Kier alpha value is -0.800. The minimum absolute atomic E-state index is 0.189.